The van der Waals surface area contributed by atoms with Crippen molar-refractivity contribution < 1.29 is 13.9 Å². The lowest BCUT2D eigenvalue weighted by molar-refractivity contribution is 0.281. The Morgan fingerprint density at radius 3 is 2.85 bits per heavy atom. The number of fused-ring (bicyclic) bond motifs is 1. The number of aliphatic hydroxyl groups is 1. The molecule has 2 aromatic heterocycles. The van der Waals surface area contributed by atoms with E-state index in [1.807, 2.05) is 0 Å². The molecule has 0 fully saturated rings. The number of thioether (sulfide) groups is 1. The van der Waals surface area contributed by atoms with Gasteiger partial charge in [0.1, 0.15) is 11.5 Å². The first-order valence-electron chi connectivity index (χ1n) is 7.82. The van der Waals surface area contributed by atoms with Crippen LogP contribution in [0.2, 0.25) is 0 Å². The molecule has 0 saturated carbocycles. The van der Waals surface area contributed by atoms with Gasteiger partial charge in [-0.2, -0.15) is 0 Å². The highest BCUT2D eigenvalue weighted by molar-refractivity contribution is 7.98. The Balaban J connectivity index is 1.94. The third-order valence-corrected chi connectivity index (χ3v) is 4.51. The number of aromatic nitrogens is 3. The molecule has 3 rings (SSSR count). The van der Waals surface area contributed by atoms with Gasteiger partial charge in [-0.05, 0) is 19.1 Å². The minimum atomic E-state index is -0.911. The maximum absolute atomic E-state index is 13.8. The van der Waals surface area contributed by atoms with Crippen molar-refractivity contribution in [2.24, 2.45) is 0 Å². The van der Waals surface area contributed by atoms with Crippen molar-refractivity contribution in [1.82, 2.24) is 15.0 Å². The molecule has 0 bridgehead atoms. The van der Waals surface area contributed by atoms with Crippen LogP contribution in [0.4, 0.5) is 14.6 Å². The topological polar surface area (TPSA) is 90.9 Å². The van der Waals surface area contributed by atoms with Crippen molar-refractivity contribution in [3.05, 3.63) is 57.9 Å². The van der Waals surface area contributed by atoms with Gasteiger partial charge in [-0.25, -0.2) is 18.7 Å². The third kappa shape index (κ3) is 4.00. The zero-order valence-electron chi connectivity index (χ0n) is 13.8. The Bertz CT molecular complexity index is 996. The minimum absolute atomic E-state index is 0.105. The number of rotatable bonds is 6. The maximum Gasteiger partial charge on any atom is 0.249 e. The first-order valence-corrected chi connectivity index (χ1v) is 8.80. The summed E-state index contributed by atoms with van der Waals surface area (Å²) in [6.07, 6.45) is 0. The smallest absolute Gasteiger partial charge is 0.249 e. The molecule has 1 atom stereocenters. The van der Waals surface area contributed by atoms with Gasteiger partial charge in [0.05, 0.1) is 12.0 Å². The van der Waals surface area contributed by atoms with E-state index in [1.54, 1.807) is 13.0 Å². The van der Waals surface area contributed by atoms with Crippen LogP contribution >= 0.6 is 11.8 Å². The van der Waals surface area contributed by atoms with Crippen molar-refractivity contribution >= 4 is 28.6 Å². The number of benzene rings is 1. The molecule has 3 aromatic rings. The van der Waals surface area contributed by atoms with Gasteiger partial charge in [0.15, 0.2) is 16.8 Å². The van der Waals surface area contributed by atoms with Crippen LogP contribution in [0.3, 0.4) is 0 Å². The Morgan fingerprint density at radius 2 is 2.08 bits per heavy atom. The van der Waals surface area contributed by atoms with Crippen LogP contribution in [-0.2, 0) is 5.75 Å². The number of aliphatic hydroxyl groups excluding tert-OH is 1. The standard InChI is InChI=1S/C17H16F2N4O2S/c1-9(7-24)20-15-11-5-6-13(25)21-16(11)23-17(22-15)26-8-10-3-2-4-12(18)14(10)19/h2-6,9,24H,7-8H2,1H3,(H2,20,21,22,23,25)/t9-/m1/s1. The highest BCUT2D eigenvalue weighted by Crippen LogP contribution is 2.26. The second-order valence-electron chi connectivity index (χ2n) is 5.67. The summed E-state index contributed by atoms with van der Waals surface area (Å²) >= 11 is 1.11. The van der Waals surface area contributed by atoms with Crippen LogP contribution in [0.25, 0.3) is 11.0 Å². The van der Waals surface area contributed by atoms with Gasteiger partial charge in [-0.3, -0.25) is 4.79 Å². The predicted octanol–water partition coefficient (Wildman–Crippen LogP) is 2.68. The molecule has 0 radical (unpaired) electrons. The quantitative estimate of drug-likeness (QED) is 0.451. The first kappa shape index (κ1) is 18.3. The number of nitrogens with zero attached hydrogens (tertiary/aromatic N) is 2. The SMILES string of the molecule is C[C@H](CO)Nc1nc(SCc2cccc(F)c2F)nc2[nH]c(=O)ccc12. The molecule has 0 aliphatic carbocycles. The van der Waals surface area contributed by atoms with Crippen LogP contribution in [0.15, 0.2) is 40.3 Å². The van der Waals surface area contributed by atoms with E-state index < -0.39 is 11.6 Å². The van der Waals surface area contributed by atoms with E-state index in [2.05, 4.69) is 20.3 Å². The van der Waals surface area contributed by atoms with Gasteiger partial charge in [0, 0.05) is 23.4 Å². The normalized spacial score (nSPS) is 12.3. The molecule has 0 spiro atoms. The summed E-state index contributed by atoms with van der Waals surface area (Å²) in [5.74, 6) is -1.25. The monoisotopic (exact) mass is 378 g/mol. The van der Waals surface area contributed by atoms with Crippen LogP contribution in [0.1, 0.15) is 12.5 Å². The van der Waals surface area contributed by atoms with Crippen LogP contribution in [-0.4, -0.2) is 32.7 Å². The van der Waals surface area contributed by atoms with Gasteiger partial charge >= 0.3 is 0 Å². The zero-order chi connectivity index (χ0) is 18.7. The lowest BCUT2D eigenvalue weighted by Crippen LogP contribution is -2.21. The van der Waals surface area contributed by atoms with E-state index >= 15 is 0 Å². The van der Waals surface area contributed by atoms with E-state index in [0.29, 0.717) is 16.9 Å². The van der Waals surface area contributed by atoms with Crippen LogP contribution in [0.5, 0.6) is 0 Å². The maximum atomic E-state index is 13.8. The number of H-pyrrole nitrogens is 1. The van der Waals surface area contributed by atoms with E-state index in [0.717, 1.165) is 17.8 Å². The fourth-order valence-electron chi connectivity index (χ4n) is 2.28. The van der Waals surface area contributed by atoms with Crippen molar-refractivity contribution in [2.45, 2.75) is 23.9 Å². The number of hydrogen-bond donors (Lipinski definition) is 3. The molecule has 0 aliphatic rings. The van der Waals surface area contributed by atoms with Crippen molar-refractivity contribution in [1.29, 1.82) is 0 Å². The van der Waals surface area contributed by atoms with Crippen molar-refractivity contribution in [3.8, 4) is 0 Å². The molecule has 136 valence electrons. The summed E-state index contributed by atoms with van der Waals surface area (Å²) in [5.41, 5.74) is 0.199. The molecule has 1 aromatic carbocycles. The lowest BCUT2D eigenvalue weighted by atomic mass is 10.2. The average Bonchev–Trinajstić information content (AvgIpc) is 2.62. The Hall–Kier alpha value is -2.52. The highest BCUT2D eigenvalue weighted by atomic mass is 32.2. The molecule has 2 heterocycles. The Kier molecular flexibility index (Phi) is 5.48. The molecular formula is C17H16F2N4O2S. The average molecular weight is 378 g/mol. The number of aromatic amines is 1. The Morgan fingerprint density at radius 1 is 1.27 bits per heavy atom. The number of anilines is 1. The summed E-state index contributed by atoms with van der Waals surface area (Å²) in [6.45, 7) is 1.67. The van der Waals surface area contributed by atoms with Gasteiger partial charge in [0.25, 0.3) is 0 Å². The number of pyridine rings is 1. The van der Waals surface area contributed by atoms with Gasteiger partial charge in [-0.1, -0.05) is 23.9 Å². The van der Waals surface area contributed by atoms with E-state index in [9.17, 15) is 18.7 Å². The van der Waals surface area contributed by atoms with Crippen molar-refractivity contribution in [2.75, 3.05) is 11.9 Å². The zero-order valence-corrected chi connectivity index (χ0v) is 14.6. The summed E-state index contributed by atoms with van der Waals surface area (Å²) in [4.78, 5) is 22.8. The van der Waals surface area contributed by atoms with E-state index in [1.165, 1.54) is 18.2 Å². The molecule has 9 heteroatoms. The molecule has 0 unspecified atom stereocenters. The fourth-order valence-corrected chi connectivity index (χ4v) is 3.09. The van der Waals surface area contributed by atoms with Crippen molar-refractivity contribution in [3.63, 3.8) is 0 Å². The Labute approximate surface area is 151 Å². The van der Waals surface area contributed by atoms with Gasteiger partial charge in [0.2, 0.25) is 5.56 Å². The summed E-state index contributed by atoms with van der Waals surface area (Å²) < 4.78 is 27.1. The minimum Gasteiger partial charge on any atom is -0.394 e. The lowest BCUT2D eigenvalue weighted by Gasteiger charge is -2.14. The second kappa shape index (κ2) is 7.79. The number of hydrogen-bond acceptors (Lipinski definition) is 6. The molecular weight excluding hydrogens is 362 g/mol. The van der Waals surface area contributed by atoms with Gasteiger partial charge in [-0.15, -0.1) is 0 Å². The predicted molar refractivity (Wildman–Crippen MR) is 96.2 cm³/mol. The highest BCUT2D eigenvalue weighted by Gasteiger charge is 2.13. The molecule has 0 aliphatic heterocycles. The molecule has 0 amide bonds. The third-order valence-electron chi connectivity index (χ3n) is 3.61. The fraction of sp³-hybridized carbons (Fsp3) is 0.235. The summed E-state index contributed by atoms with van der Waals surface area (Å²) in [5, 5.41) is 13.2. The number of halogens is 2. The van der Waals surface area contributed by atoms with Gasteiger partial charge < -0.3 is 15.4 Å². The molecule has 26 heavy (non-hydrogen) atoms. The van der Waals surface area contributed by atoms with Crippen LogP contribution in [0, 0.1) is 11.6 Å². The second-order valence-corrected chi connectivity index (χ2v) is 6.61. The van der Waals surface area contributed by atoms with E-state index in [-0.39, 0.29) is 34.7 Å². The summed E-state index contributed by atoms with van der Waals surface area (Å²) in [6, 6.07) is 6.65. The molecule has 6 nitrogen and oxygen atoms in total. The largest absolute Gasteiger partial charge is 0.394 e. The first-order chi connectivity index (χ1) is 12.5. The van der Waals surface area contributed by atoms with E-state index in [4.69, 9.17) is 0 Å². The number of nitrogens with one attached hydrogen (secondary N) is 2. The molecule has 0 saturated heterocycles. The molecule has 3 N–H and O–H groups in total. The summed E-state index contributed by atoms with van der Waals surface area (Å²) in [7, 11) is 0. The van der Waals surface area contributed by atoms with Crippen LogP contribution < -0.4 is 10.9 Å².